The van der Waals surface area contributed by atoms with Gasteiger partial charge in [0.1, 0.15) is 0 Å². The Morgan fingerprint density at radius 1 is 1.29 bits per heavy atom. The highest BCUT2D eigenvalue weighted by atomic mass is 32.2. The summed E-state index contributed by atoms with van der Waals surface area (Å²) in [5.41, 5.74) is 3.41. The maximum atomic E-state index is 4.88. The van der Waals surface area contributed by atoms with Gasteiger partial charge < -0.3 is 5.32 Å². The van der Waals surface area contributed by atoms with Crippen molar-refractivity contribution in [1.82, 2.24) is 5.32 Å². The third-order valence-electron chi connectivity index (χ3n) is 5.51. The molecule has 0 amide bonds. The minimum absolute atomic E-state index is 0.369. The van der Waals surface area contributed by atoms with Gasteiger partial charge in [0.05, 0.1) is 0 Å². The Morgan fingerprint density at radius 3 is 2.90 bits per heavy atom. The van der Waals surface area contributed by atoms with E-state index in [1.165, 1.54) is 54.2 Å². The maximum absolute atomic E-state index is 4.88. The zero-order valence-corrected chi connectivity index (χ0v) is 13.6. The van der Waals surface area contributed by atoms with E-state index in [1.54, 1.807) is 0 Å². The summed E-state index contributed by atoms with van der Waals surface area (Å²) in [5.74, 6) is 2.79. The number of benzene rings is 1. The third kappa shape index (κ3) is 2.61. The lowest BCUT2D eigenvalue weighted by Crippen LogP contribution is -2.46. The Hall–Kier alpha value is -0.960. The molecule has 1 saturated heterocycles. The lowest BCUT2D eigenvalue weighted by atomic mass is 9.78. The molecule has 4 rings (SSSR count). The van der Waals surface area contributed by atoms with Crippen molar-refractivity contribution < 1.29 is 0 Å². The summed E-state index contributed by atoms with van der Waals surface area (Å²) < 4.78 is 0. The molecule has 1 saturated carbocycles. The van der Waals surface area contributed by atoms with E-state index in [2.05, 4.69) is 36.5 Å². The topological polar surface area (TPSA) is 24.4 Å². The molecular weight excluding hydrogens is 276 g/mol. The molecule has 1 aliphatic heterocycles. The molecule has 3 heteroatoms. The number of thioether (sulfide) groups is 1. The lowest BCUT2D eigenvalue weighted by Gasteiger charge is -2.35. The molecule has 0 radical (unpaired) electrons. The van der Waals surface area contributed by atoms with Gasteiger partial charge in [0.25, 0.3) is 0 Å². The molecule has 2 aliphatic carbocycles. The van der Waals surface area contributed by atoms with Gasteiger partial charge in [-0.25, -0.2) is 0 Å². The van der Waals surface area contributed by atoms with Gasteiger partial charge >= 0.3 is 0 Å². The lowest BCUT2D eigenvalue weighted by molar-refractivity contribution is 0.251. The molecule has 1 spiro atoms. The van der Waals surface area contributed by atoms with Crippen LogP contribution in [0.25, 0.3) is 0 Å². The molecule has 1 unspecified atom stereocenters. The summed E-state index contributed by atoms with van der Waals surface area (Å²) in [4.78, 5) is 4.88. The van der Waals surface area contributed by atoms with Gasteiger partial charge in [-0.1, -0.05) is 43.0 Å². The fourth-order valence-corrected chi connectivity index (χ4v) is 5.12. The van der Waals surface area contributed by atoms with Crippen molar-refractivity contribution in [3.63, 3.8) is 0 Å². The first-order valence-corrected chi connectivity index (χ1v) is 9.26. The molecule has 1 N–H and O–H groups in total. The predicted molar refractivity (Wildman–Crippen MR) is 91.1 cm³/mol. The summed E-state index contributed by atoms with van der Waals surface area (Å²) in [6.07, 6.45) is 6.60. The summed E-state index contributed by atoms with van der Waals surface area (Å²) in [7, 11) is 0. The largest absolute Gasteiger partial charge is 0.359 e. The van der Waals surface area contributed by atoms with Crippen LogP contribution in [0.15, 0.2) is 29.3 Å². The van der Waals surface area contributed by atoms with E-state index in [0.717, 1.165) is 12.5 Å². The third-order valence-corrected chi connectivity index (χ3v) is 6.71. The predicted octanol–water partition coefficient (Wildman–Crippen LogP) is 3.97. The fraction of sp³-hybridized carbons (Fsp3) is 0.611. The number of aliphatic imine (C=N–C) groups is 1. The average Bonchev–Trinajstić information content (AvgIpc) is 2.87. The molecule has 0 aromatic heterocycles. The van der Waals surface area contributed by atoms with Gasteiger partial charge in [-0.3, -0.25) is 4.99 Å². The fourth-order valence-electron chi connectivity index (χ4n) is 3.89. The summed E-state index contributed by atoms with van der Waals surface area (Å²) in [6.45, 7) is 3.34. The highest BCUT2D eigenvalue weighted by Gasteiger charge is 2.39. The molecule has 2 nitrogen and oxygen atoms in total. The highest BCUT2D eigenvalue weighted by Crippen LogP contribution is 2.39. The number of nitrogens with zero attached hydrogens (tertiary/aromatic N) is 1. The summed E-state index contributed by atoms with van der Waals surface area (Å²) in [6, 6.07) is 8.81. The molecule has 1 heterocycles. The van der Waals surface area contributed by atoms with Crippen LogP contribution in [0.2, 0.25) is 0 Å². The standard InChI is InChI=1S/C18H24N2S/c1-13-6-8-18(9-7-13)12-21-17(20-18)19-11-15-10-14-4-2-3-5-16(14)15/h2-5,13,15H,6-12H2,1H3,(H,19,20). The van der Waals surface area contributed by atoms with E-state index in [0.29, 0.717) is 11.5 Å². The normalized spacial score (nSPS) is 36.3. The van der Waals surface area contributed by atoms with Crippen LogP contribution in [0.3, 0.4) is 0 Å². The smallest absolute Gasteiger partial charge is 0.157 e. The summed E-state index contributed by atoms with van der Waals surface area (Å²) >= 11 is 1.95. The van der Waals surface area contributed by atoms with Gasteiger partial charge in [-0.15, -0.1) is 0 Å². The minimum Gasteiger partial charge on any atom is -0.359 e. The van der Waals surface area contributed by atoms with Crippen molar-refractivity contribution in [3.05, 3.63) is 35.4 Å². The SMILES string of the molecule is CC1CCC2(CC1)CSC(=NCC1Cc3ccccc31)N2. The number of amidine groups is 1. The minimum atomic E-state index is 0.369. The first-order chi connectivity index (χ1) is 10.2. The Bertz CT molecular complexity index is 558. The van der Waals surface area contributed by atoms with Gasteiger partial charge in [0, 0.05) is 23.8 Å². The van der Waals surface area contributed by atoms with E-state index in [9.17, 15) is 0 Å². The molecule has 2 fully saturated rings. The summed E-state index contributed by atoms with van der Waals surface area (Å²) in [5, 5.41) is 4.97. The van der Waals surface area contributed by atoms with Crippen molar-refractivity contribution in [1.29, 1.82) is 0 Å². The Kier molecular flexibility index (Phi) is 3.49. The molecule has 21 heavy (non-hydrogen) atoms. The molecule has 0 bridgehead atoms. The molecule has 3 aliphatic rings. The van der Waals surface area contributed by atoms with Crippen LogP contribution >= 0.6 is 11.8 Å². The number of hydrogen-bond acceptors (Lipinski definition) is 2. The first kappa shape index (κ1) is 13.7. The van der Waals surface area contributed by atoms with Crippen molar-refractivity contribution >= 4 is 16.9 Å². The van der Waals surface area contributed by atoms with E-state index < -0.39 is 0 Å². The van der Waals surface area contributed by atoms with E-state index in [1.807, 2.05) is 11.8 Å². The Morgan fingerprint density at radius 2 is 2.10 bits per heavy atom. The van der Waals surface area contributed by atoms with Gasteiger partial charge in [0.15, 0.2) is 5.17 Å². The first-order valence-electron chi connectivity index (χ1n) is 8.27. The monoisotopic (exact) mass is 300 g/mol. The van der Waals surface area contributed by atoms with Gasteiger partial charge in [0.2, 0.25) is 0 Å². The van der Waals surface area contributed by atoms with E-state index in [4.69, 9.17) is 4.99 Å². The Balaban J connectivity index is 1.36. The van der Waals surface area contributed by atoms with Crippen LogP contribution in [0.5, 0.6) is 0 Å². The highest BCUT2D eigenvalue weighted by molar-refractivity contribution is 8.14. The molecule has 1 aromatic carbocycles. The van der Waals surface area contributed by atoms with Crippen LogP contribution in [0, 0.1) is 5.92 Å². The number of rotatable bonds is 2. The van der Waals surface area contributed by atoms with Crippen LogP contribution in [0.1, 0.15) is 49.7 Å². The zero-order valence-electron chi connectivity index (χ0n) is 12.8. The van der Waals surface area contributed by atoms with Crippen molar-refractivity contribution in [2.75, 3.05) is 12.3 Å². The van der Waals surface area contributed by atoms with Crippen molar-refractivity contribution in [2.24, 2.45) is 10.9 Å². The molecule has 112 valence electrons. The second-order valence-electron chi connectivity index (χ2n) is 7.12. The number of fused-ring (bicyclic) bond motifs is 1. The average molecular weight is 300 g/mol. The van der Waals surface area contributed by atoms with E-state index >= 15 is 0 Å². The van der Waals surface area contributed by atoms with Crippen LogP contribution in [-0.2, 0) is 6.42 Å². The van der Waals surface area contributed by atoms with Gasteiger partial charge in [-0.2, -0.15) is 0 Å². The quantitative estimate of drug-likeness (QED) is 0.894. The number of nitrogens with one attached hydrogen (secondary N) is 1. The van der Waals surface area contributed by atoms with Crippen LogP contribution in [0.4, 0.5) is 0 Å². The molecule has 1 atom stereocenters. The zero-order chi connectivity index (χ0) is 14.3. The number of hydrogen-bond donors (Lipinski definition) is 1. The molecular formula is C18H24N2S. The van der Waals surface area contributed by atoms with Gasteiger partial charge in [-0.05, 0) is 49.1 Å². The second-order valence-corrected chi connectivity index (χ2v) is 8.09. The maximum Gasteiger partial charge on any atom is 0.157 e. The van der Waals surface area contributed by atoms with Crippen molar-refractivity contribution in [2.45, 2.75) is 50.5 Å². The van der Waals surface area contributed by atoms with Crippen LogP contribution in [-0.4, -0.2) is 23.0 Å². The van der Waals surface area contributed by atoms with Crippen molar-refractivity contribution in [3.8, 4) is 0 Å². The van der Waals surface area contributed by atoms with E-state index in [-0.39, 0.29) is 0 Å². The Labute approximate surface area is 131 Å². The molecule has 1 aromatic rings. The van der Waals surface area contributed by atoms with Crippen LogP contribution < -0.4 is 5.32 Å². The second kappa shape index (κ2) is 5.35.